The lowest BCUT2D eigenvalue weighted by Crippen LogP contribution is -2.06. The van der Waals surface area contributed by atoms with E-state index in [9.17, 15) is 0 Å². The van der Waals surface area contributed by atoms with E-state index in [1.54, 1.807) is 0 Å². The van der Waals surface area contributed by atoms with Crippen LogP contribution in [0.15, 0.2) is 34.7 Å². The first-order valence-electron chi connectivity index (χ1n) is 8.18. The smallest absolute Gasteiger partial charge is 0.264 e. The van der Waals surface area contributed by atoms with Crippen molar-refractivity contribution in [3.63, 3.8) is 0 Å². The van der Waals surface area contributed by atoms with E-state index < -0.39 is 0 Å². The molecule has 0 atom stereocenters. The highest BCUT2D eigenvalue weighted by Crippen LogP contribution is 2.38. The molecule has 4 nitrogen and oxygen atoms in total. The number of nitrogens with zero attached hydrogens (tertiary/aromatic N) is 3. The molecule has 1 aromatic carbocycles. The van der Waals surface area contributed by atoms with E-state index in [-0.39, 0.29) is 5.92 Å². The minimum absolute atomic E-state index is 0.255. The molecule has 114 valence electrons. The molecular formula is C18H21N3O. The van der Waals surface area contributed by atoms with Crippen LogP contribution in [0.4, 0.5) is 0 Å². The first kappa shape index (κ1) is 13.6. The molecule has 3 aromatic rings. The monoisotopic (exact) mass is 295 g/mol. The Kier molecular flexibility index (Phi) is 3.25. The Bertz CT molecular complexity index is 794. The van der Waals surface area contributed by atoms with Gasteiger partial charge in [0.1, 0.15) is 5.69 Å². The third-order valence-corrected chi connectivity index (χ3v) is 4.59. The molecule has 0 N–H and O–H groups in total. The lowest BCUT2D eigenvalue weighted by Gasteiger charge is -2.16. The van der Waals surface area contributed by atoms with Gasteiger partial charge in [-0.1, -0.05) is 44.9 Å². The molecule has 4 rings (SSSR count). The zero-order valence-electron chi connectivity index (χ0n) is 13.1. The van der Waals surface area contributed by atoms with E-state index in [1.165, 1.54) is 36.6 Å². The summed E-state index contributed by atoms with van der Waals surface area (Å²) in [5.74, 6) is 1.61. The lowest BCUT2D eigenvalue weighted by molar-refractivity contribution is 0.470. The van der Waals surface area contributed by atoms with Gasteiger partial charge < -0.3 is 8.98 Å². The van der Waals surface area contributed by atoms with Crippen molar-refractivity contribution in [3.05, 3.63) is 36.2 Å². The Hall–Kier alpha value is -2.10. The molecule has 0 spiro atoms. The fraction of sp³-hybridized carbons (Fsp3) is 0.444. The minimum atomic E-state index is 0.255. The first-order chi connectivity index (χ1) is 10.7. The number of rotatable bonds is 3. The third kappa shape index (κ3) is 2.14. The maximum absolute atomic E-state index is 5.92. The summed E-state index contributed by atoms with van der Waals surface area (Å²) in [6.45, 7) is 4.15. The van der Waals surface area contributed by atoms with Crippen molar-refractivity contribution >= 4 is 10.9 Å². The van der Waals surface area contributed by atoms with Gasteiger partial charge in [0.05, 0.1) is 0 Å². The Balaban J connectivity index is 1.89. The minimum Gasteiger partial charge on any atom is -0.419 e. The van der Waals surface area contributed by atoms with Gasteiger partial charge in [0.15, 0.2) is 0 Å². The van der Waals surface area contributed by atoms with Gasteiger partial charge in [-0.15, -0.1) is 10.2 Å². The normalized spacial score (nSPS) is 16.1. The van der Waals surface area contributed by atoms with Crippen molar-refractivity contribution in [3.8, 4) is 11.6 Å². The number of para-hydroxylation sites is 1. The molecule has 1 aliphatic carbocycles. The van der Waals surface area contributed by atoms with E-state index in [1.807, 2.05) is 0 Å². The highest BCUT2D eigenvalue weighted by Gasteiger charge is 2.24. The zero-order chi connectivity index (χ0) is 15.1. The Morgan fingerprint density at radius 2 is 1.91 bits per heavy atom. The van der Waals surface area contributed by atoms with E-state index in [2.05, 4.69) is 58.9 Å². The van der Waals surface area contributed by atoms with Gasteiger partial charge in [-0.2, -0.15) is 0 Å². The van der Waals surface area contributed by atoms with Crippen molar-refractivity contribution in [1.82, 2.24) is 14.8 Å². The summed E-state index contributed by atoms with van der Waals surface area (Å²) in [5, 5.41) is 9.74. The molecule has 1 aliphatic rings. The average Bonchev–Trinajstić information content (AvgIpc) is 3.24. The summed E-state index contributed by atoms with van der Waals surface area (Å²) in [6, 6.07) is 11.3. The van der Waals surface area contributed by atoms with Gasteiger partial charge in [0.2, 0.25) is 5.89 Å². The van der Waals surface area contributed by atoms with Crippen LogP contribution in [0.5, 0.6) is 0 Å². The van der Waals surface area contributed by atoms with E-state index in [4.69, 9.17) is 4.42 Å². The van der Waals surface area contributed by atoms with Crippen LogP contribution in [0.3, 0.4) is 0 Å². The number of aromatic nitrogens is 3. The summed E-state index contributed by atoms with van der Waals surface area (Å²) >= 11 is 0. The second-order valence-corrected chi connectivity index (χ2v) is 6.50. The summed E-state index contributed by atoms with van der Waals surface area (Å²) in [5.41, 5.74) is 2.33. The van der Waals surface area contributed by atoms with Crippen LogP contribution in [0.2, 0.25) is 0 Å². The molecule has 2 heterocycles. The van der Waals surface area contributed by atoms with E-state index >= 15 is 0 Å². The molecule has 0 unspecified atom stereocenters. The largest absolute Gasteiger partial charge is 0.419 e. The van der Waals surface area contributed by atoms with Gasteiger partial charge in [-0.05, 0) is 25.0 Å². The van der Waals surface area contributed by atoms with Crippen molar-refractivity contribution in [2.75, 3.05) is 0 Å². The van der Waals surface area contributed by atoms with Gasteiger partial charge in [-0.3, -0.25) is 0 Å². The Labute approximate surface area is 130 Å². The quantitative estimate of drug-likeness (QED) is 0.688. The molecule has 0 radical (unpaired) electrons. The standard InChI is InChI=1S/C18H21N3O/c1-12(2)17-19-20-18(22-17)16-11-13-7-3-6-10-15(13)21(16)14-8-4-5-9-14/h3,6-7,10-12,14H,4-5,8-9H2,1-2H3. The van der Waals surface area contributed by atoms with Crippen LogP contribution in [-0.2, 0) is 0 Å². The number of hydrogen-bond donors (Lipinski definition) is 0. The molecule has 0 saturated heterocycles. The summed E-state index contributed by atoms with van der Waals surface area (Å²) in [6.07, 6.45) is 5.07. The Morgan fingerprint density at radius 3 is 2.64 bits per heavy atom. The molecular weight excluding hydrogens is 274 g/mol. The summed E-state index contributed by atoms with van der Waals surface area (Å²) < 4.78 is 8.33. The van der Waals surface area contributed by atoms with Gasteiger partial charge >= 0.3 is 0 Å². The molecule has 0 bridgehead atoms. The highest BCUT2D eigenvalue weighted by atomic mass is 16.4. The number of benzene rings is 1. The molecule has 2 aromatic heterocycles. The van der Waals surface area contributed by atoms with E-state index in [0.717, 1.165) is 5.69 Å². The van der Waals surface area contributed by atoms with Gasteiger partial charge in [-0.25, -0.2) is 0 Å². The van der Waals surface area contributed by atoms with Gasteiger partial charge in [0.25, 0.3) is 5.89 Å². The predicted molar refractivity (Wildman–Crippen MR) is 86.8 cm³/mol. The van der Waals surface area contributed by atoms with E-state index in [0.29, 0.717) is 17.8 Å². The average molecular weight is 295 g/mol. The van der Waals surface area contributed by atoms with Crippen LogP contribution in [-0.4, -0.2) is 14.8 Å². The number of fused-ring (bicyclic) bond motifs is 1. The third-order valence-electron chi connectivity index (χ3n) is 4.59. The maximum atomic E-state index is 5.92. The Morgan fingerprint density at radius 1 is 1.14 bits per heavy atom. The first-order valence-corrected chi connectivity index (χ1v) is 8.18. The van der Waals surface area contributed by atoms with Crippen LogP contribution in [0.1, 0.15) is 57.4 Å². The zero-order valence-corrected chi connectivity index (χ0v) is 13.1. The molecule has 1 saturated carbocycles. The van der Waals surface area contributed by atoms with Crippen LogP contribution < -0.4 is 0 Å². The van der Waals surface area contributed by atoms with Crippen LogP contribution in [0.25, 0.3) is 22.5 Å². The molecule has 4 heteroatoms. The SMILES string of the molecule is CC(C)c1nnc(-c2cc3ccccc3n2C2CCCC2)o1. The molecule has 1 fully saturated rings. The fourth-order valence-corrected chi connectivity index (χ4v) is 3.47. The molecule has 0 amide bonds. The van der Waals surface area contributed by atoms with Crippen LogP contribution in [0, 0.1) is 0 Å². The topological polar surface area (TPSA) is 43.9 Å². The number of hydrogen-bond acceptors (Lipinski definition) is 3. The maximum Gasteiger partial charge on any atom is 0.264 e. The fourth-order valence-electron chi connectivity index (χ4n) is 3.47. The summed E-state index contributed by atoms with van der Waals surface area (Å²) in [7, 11) is 0. The van der Waals surface area contributed by atoms with Crippen molar-refractivity contribution in [2.24, 2.45) is 0 Å². The van der Waals surface area contributed by atoms with Gasteiger partial charge in [0, 0.05) is 22.9 Å². The lowest BCUT2D eigenvalue weighted by atomic mass is 10.2. The van der Waals surface area contributed by atoms with Crippen LogP contribution >= 0.6 is 0 Å². The second-order valence-electron chi connectivity index (χ2n) is 6.50. The second kappa shape index (κ2) is 5.27. The van der Waals surface area contributed by atoms with Crippen molar-refractivity contribution in [2.45, 2.75) is 51.5 Å². The predicted octanol–water partition coefficient (Wildman–Crippen LogP) is 4.93. The molecule has 0 aliphatic heterocycles. The molecule has 22 heavy (non-hydrogen) atoms. The highest BCUT2D eigenvalue weighted by molar-refractivity contribution is 5.85. The van der Waals surface area contributed by atoms with Crippen molar-refractivity contribution < 1.29 is 4.42 Å². The van der Waals surface area contributed by atoms with Crippen molar-refractivity contribution in [1.29, 1.82) is 0 Å². The summed E-state index contributed by atoms with van der Waals surface area (Å²) in [4.78, 5) is 0.